The second kappa shape index (κ2) is 8.65. The Morgan fingerprint density at radius 1 is 1.13 bits per heavy atom. The summed E-state index contributed by atoms with van der Waals surface area (Å²) >= 11 is 12.1. The molecule has 0 atom stereocenters. The van der Waals surface area contributed by atoms with Gasteiger partial charge in [-0.25, -0.2) is 10.4 Å². The number of nitrogens with one attached hydrogen (secondary N) is 1. The van der Waals surface area contributed by atoms with Crippen LogP contribution < -0.4 is 5.43 Å². The molecule has 0 aliphatic rings. The average molecular weight is 438 g/mol. The minimum Gasteiger partial charge on any atom is -0.268 e. The summed E-state index contributed by atoms with van der Waals surface area (Å²) in [5, 5.41) is 10.2. The molecule has 0 saturated carbocycles. The van der Waals surface area contributed by atoms with Crippen LogP contribution in [-0.4, -0.2) is 26.9 Å². The number of amides is 1. The van der Waals surface area contributed by atoms with Crippen LogP contribution in [0.3, 0.4) is 0 Å². The van der Waals surface area contributed by atoms with Crippen LogP contribution >= 0.6 is 23.2 Å². The Hall–Kier alpha value is -3.22. The van der Waals surface area contributed by atoms with Gasteiger partial charge in [-0.15, -0.1) is 0 Å². The molecule has 0 bridgehead atoms. The zero-order valence-electron chi connectivity index (χ0n) is 16.0. The number of hydrazone groups is 1. The van der Waals surface area contributed by atoms with Crippen LogP contribution in [0.15, 0.2) is 65.9 Å². The molecule has 0 unspecified atom stereocenters. The van der Waals surface area contributed by atoms with E-state index in [9.17, 15) is 4.79 Å². The number of nitrogens with zero attached hydrogens (tertiary/aromatic N) is 4. The van der Waals surface area contributed by atoms with Crippen molar-refractivity contribution in [3.63, 3.8) is 0 Å². The van der Waals surface area contributed by atoms with Crippen molar-refractivity contribution in [2.24, 2.45) is 5.10 Å². The molecule has 0 saturated heterocycles. The van der Waals surface area contributed by atoms with E-state index in [0.29, 0.717) is 22.3 Å². The maximum atomic E-state index is 12.3. The number of benzene rings is 2. The Labute approximate surface area is 183 Å². The van der Waals surface area contributed by atoms with Crippen LogP contribution in [-0.2, 0) is 6.54 Å². The molecule has 0 spiro atoms. The molecule has 2 aromatic heterocycles. The monoisotopic (exact) mass is 437 g/mol. The molecule has 150 valence electrons. The number of carbonyl (C=O) groups excluding carboxylic acids is 1. The number of fused-ring (bicyclic) bond motifs is 1. The first-order valence-electron chi connectivity index (χ1n) is 9.16. The maximum absolute atomic E-state index is 12.3. The lowest BCUT2D eigenvalue weighted by Gasteiger charge is -2.03. The van der Waals surface area contributed by atoms with E-state index in [-0.39, 0.29) is 5.69 Å². The summed E-state index contributed by atoms with van der Waals surface area (Å²) in [6.07, 6.45) is 3.20. The van der Waals surface area contributed by atoms with Gasteiger partial charge in [-0.1, -0.05) is 47.5 Å². The van der Waals surface area contributed by atoms with Gasteiger partial charge in [0.25, 0.3) is 5.91 Å². The molecule has 30 heavy (non-hydrogen) atoms. The second-order valence-corrected chi connectivity index (χ2v) is 7.58. The van der Waals surface area contributed by atoms with E-state index in [1.807, 2.05) is 55.5 Å². The summed E-state index contributed by atoms with van der Waals surface area (Å²) in [5.41, 5.74) is 6.29. The topological polar surface area (TPSA) is 72.2 Å². The van der Waals surface area contributed by atoms with E-state index < -0.39 is 5.91 Å². The maximum Gasteiger partial charge on any atom is 0.291 e. The van der Waals surface area contributed by atoms with Crippen LogP contribution in [0, 0.1) is 6.92 Å². The molecule has 0 fully saturated rings. The van der Waals surface area contributed by atoms with Gasteiger partial charge >= 0.3 is 0 Å². The van der Waals surface area contributed by atoms with Crippen LogP contribution in [0.1, 0.15) is 27.2 Å². The van der Waals surface area contributed by atoms with Crippen LogP contribution in [0.2, 0.25) is 10.2 Å². The van der Waals surface area contributed by atoms with Gasteiger partial charge in [-0.2, -0.15) is 10.2 Å². The predicted octanol–water partition coefficient (Wildman–Crippen LogP) is 4.86. The third kappa shape index (κ3) is 4.67. The van der Waals surface area contributed by atoms with Crippen molar-refractivity contribution < 1.29 is 4.79 Å². The third-order valence-corrected chi connectivity index (χ3v) is 5.01. The number of hydrogen-bond acceptors (Lipinski definition) is 4. The Morgan fingerprint density at radius 3 is 2.73 bits per heavy atom. The van der Waals surface area contributed by atoms with E-state index in [4.69, 9.17) is 23.2 Å². The highest BCUT2D eigenvalue weighted by Gasteiger charge is 2.09. The first-order valence-corrected chi connectivity index (χ1v) is 9.92. The lowest BCUT2D eigenvalue weighted by molar-refractivity contribution is 0.0949. The standard InChI is InChI=1S/C22H17Cl2N5O/c1-14-2-5-16-11-17(21(24)26-20(16)10-14)12-25-27-22(30)19-8-9-29(28-19)13-15-3-6-18(23)7-4-15/h2-12H,13H2,1H3,(H,27,30)/b25-12+. The Balaban J connectivity index is 1.42. The highest BCUT2D eigenvalue weighted by Crippen LogP contribution is 2.20. The average Bonchev–Trinajstić information content (AvgIpc) is 3.19. The first kappa shape index (κ1) is 20.1. The Bertz CT molecular complexity index is 1250. The summed E-state index contributed by atoms with van der Waals surface area (Å²) in [6.45, 7) is 2.53. The molecule has 0 aliphatic heterocycles. The molecule has 2 aromatic carbocycles. The van der Waals surface area contributed by atoms with Gasteiger partial charge in [0.2, 0.25) is 0 Å². The van der Waals surface area contributed by atoms with E-state index in [0.717, 1.165) is 22.0 Å². The second-order valence-electron chi connectivity index (χ2n) is 6.79. The summed E-state index contributed by atoms with van der Waals surface area (Å²) in [7, 11) is 0. The van der Waals surface area contributed by atoms with Gasteiger partial charge in [0.15, 0.2) is 5.69 Å². The largest absolute Gasteiger partial charge is 0.291 e. The van der Waals surface area contributed by atoms with Crippen LogP contribution in [0.5, 0.6) is 0 Å². The van der Waals surface area contributed by atoms with Crippen molar-refractivity contribution in [1.82, 2.24) is 20.2 Å². The highest BCUT2D eigenvalue weighted by molar-refractivity contribution is 6.32. The molecule has 1 amide bonds. The van der Waals surface area contributed by atoms with Crippen molar-refractivity contribution in [2.45, 2.75) is 13.5 Å². The summed E-state index contributed by atoms with van der Waals surface area (Å²) in [4.78, 5) is 16.7. The van der Waals surface area contributed by atoms with Crippen molar-refractivity contribution >= 4 is 46.2 Å². The predicted molar refractivity (Wildman–Crippen MR) is 119 cm³/mol. The molecule has 1 N–H and O–H groups in total. The Kier molecular flexibility index (Phi) is 5.79. The molecular formula is C22H17Cl2N5O. The SMILES string of the molecule is Cc1ccc2cc(/C=N/NC(=O)c3ccn(Cc4ccc(Cl)cc4)n3)c(Cl)nc2c1. The Morgan fingerprint density at radius 2 is 1.93 bits per heavy atom. The van der Waals surface area contributed by atoms with E-state index in [2.05, 4.69) is 20.6 Å². The molecule has 0 aliphatic carbocycles. The summed E-state index contributed by atoms with van der Waals surface area (Å²) in [5.74, 6) is -0.415. The lowest BCUT2D eigenvalue weighted by atomic mass is 10.1. The van der Waals surface area contributed by atoms with Gasteiger partial charge in [-0.3, -0.25) is 9.48 Å². The van der Waals surface area contributed by atoms with E-state index >= 15 is 0 Å². The number of aromatic nitrogens is 3. The molecule has 0 radical (unpaired) electrons. The fourth-order valence-electron chi connectivity index (χ4n) is 2.93. The number of pyridine rings is 1. The van der Waals surface area contributed by atoms with Crippen LogP contribution in [0.4, 0.5) is 0 Å². The van der Waals surface area contributed by atoms with Gasteiger partial charge < -0.3 is 0 Å². The van der Waals surface area contributed by atoms with Gasteiger partial charge in [0.05, 0.1) is 18.3 Å². The fourth-order valence-corrected chi connectivity index (χ4v) is 3.25. The summed E-state index contributed by atoms with van der Waals surface area (Å²) in [6, 6.07) is 16.9. The number of halogens is 2. The minimum absolute atomic E-state index is 0.263. The van der Waals surface area contributed by atoms with Gasteiger partial charge in [-0.05, 0) is 48.4 Å². The van der Waals surface area contributed by atoms with Gasteiger partial charge in [0, 0.05) is 22.2 Å². The zero-order chi connectivity index (χ0) is 21.1. The van der Waals surface area contributed by atoms with Crippen LogP contribution in [0.25, 0.3) is 10.9 Å². The third-order valence-electron chi connectivity index (χ3n) is 4.45. The van der Waals surface area contributed by atoms with E-state index in [1.165, 1.54) is 6.21 Å². The fraction of sp³-hybridized carbons (Fsp3) is 0.0909. The van der Waals surface area contributed by atoms with Crippen molar-refractivity contribution in [1.29, 1.82) is 0 Å². The van der Waals surface area contributed by atoms with Crippen molar-refractivity contribution in [2.75, 3.05) is 0 Å². The smallest absolute Gasteiger partial charge is 0.268 e. The molecular weight excluding hydrogens is 421 g/mol. The number of aryl methyl sites for hydroxylation is 1. The molecule has 8 heteroatoms. The molecule has 6 nitrogen and oxygen atoms in total. The number of rotatable bonds is 5. The lowest BCUT2D eigenvalue weighted by Crippen LogP contribution is -2.18. The zero-order valence-corrected chi connectivity index (χ0v) is 17.5. The quantitative estimate of drug-likeness (QED) is 0.275. The molecule has 2 heterocycles. The first-order chi connectivity index (χ1) is 14.5. The highest BCUT2D eigenvalue weighted by atomic mass is 35.5. The van der Waals surface area contributed by atoms with E-state index in [1.54, 1.807) is 16.9 Å². The minimum atomic E-state index is -0.415. The number of hydrogen-bond donors (Lipinski definition) is 1. The molecule has 4 rings (SSSR count). The summed E-state index contributed by atoms with van der Waals surface area (Å²) < 4.78 is 1.67. The number of carbonyl (C=O) groups is 1. The molecule has 4 aromatic rings. The van der Waals surface area contributed by atoms with Gasteiger partial charge in [0.1, 0.15) is 5.15 Å². The normalized spacial score (nSPS) is 11.3. The van der Waals surface area contributed by atoms with Crippen molar-refractivity contribution in [3.05, 3.63) is 93.4 Å². The van der Waals surface area contributed by atoms with Crippen molar-refractivity contribution in [3.8, 4) is 0 Å².